The number of carbonyl (C=O) groups is 1. The summed E-state index contributed by atoms with van der Waals surface area (Å²) < 4.78 is 54.2. The normalized spacial score (nSPS) is 24.0. The van der Waals surface area contributed by atoms with Crippen LogP contribution in [-0.4, -0.2) is 30.4 Å². The third-order valence-corrected chi connectivity index (χ3v) is 9.04. The number of piperidine rings is 1. The van der Waals surface area contributed by atoms with Gasteiger partial charge in [0.2, 0.25) is 0 Å². The Balaban J connectivity index is 1.21. The van der Waals surface area contributed by atoms with Gasteiger partial charge in [0.25, 0.3) is 0 Å². The lowest BCUT2D eigenvalue weighted by Crippen LogP contribution is -2.35. The number of ether oxygens (including phenoxy) is 2. The van der Waals surface area contributed by atoms with Crippen molar-refractivity contribution in [3.8, 4) is 11.5 Å². The Morgan fingerprint density at radius 3 is 2.57 bits per heavy atom. The first-order valence-electron chi connectivity index (χ1n) is 13.6. The molecule has 6 rings (SSSR count). The quantitative estimate of drug-likeness (QED) is 0.400. The maximum Gasteiger partial charge on any atom is 0.416 e. The summed E-state index contributed by atoms with van der Waals surface area (Å²) in [5, 5.41) is 0. The van der Waals surface area contributed by atoms with Crippen molar-refractivity contribution in [2.75, 3.05) is 19.7 Å². The van der Waals surface area contributed by atoms with E-state index in [1.165, 1.54) is 18.9 Å². The van der Waals surface area contributed by atoms with Crippen LogP contribution >= 0.6 is 0 Å². The van der Waals surface area contributed by atoms with Gasteiger partial charge in [-0.25, -0.2) is 0 Å². The Kier molecular flexibility index (Phi) is 6.25. The zero-order valence-electron chi connectivity index (χ0n) is 21.3. The van der Waals surface area contributed by atoms with Crippen LogP contribution in [-0.2, 0) is 23.9 Å². The standard InChI is InChI=1S/C30H34F3NO3/c1-2-20(35)15-19-18-36-28-16-21(3-4-22(19)28)37-27-8-6-23-24(27)5-7-26(30(31,32)33)25(23)17-34-13-11-29(9-10-29)12-14-34/h3-5,7,16,19,27H,2,6,8-15,17-18H2,1H3/t19?,27-/m1/s1. The summed E-state index contributed by atoms with van der Waals surface area (Å²) in [6.45, 7) is 4.46. The first-order chi connectivity index (χ1) is 17.7. The van der Waals surface area contributed by atoms with Crippen LogP contribution in [0.5, 0.6) is 11.5 Å². The Morgan fingerprint density at radius 2 is 1.86 bits per heavy atom. The van der Waals surface area contributed by atoms with E-state index >= 15 is 0 Å². The number of hydrogen-bond donors (Lipinski definition) is 0. The molecule has 2 aliphatic carbocycles. The molecular weight excluding hydrogens is 479 g/mol. The smallest absolute Gasteiger partial charge is 0.416 e. The number of rotatable bonds is 7. The van der Waals surface area contributed by atoms with Crippen LogP contribution in [0.25, 0.3) is 0 Å². The lowest BCUT2D eigenvalue weighted by molar-refractivity contribution is -0.138. The molecule has 1 spiro atoms. The minimum atomic E-state index is -4.37. The van der Waals surface area contributed by atoms with Gasteiger partial charge in [-0.15, -0.1) is 0 Å². The van der Waals surface area contributed by atoms with Gasteiger partial charge in [0, 0.05) is 36.9 Å². The van der Waals surface area contributed by atoms with Crippen LogP contribution in [0.1, 0.15) is 91.7 Å². The molecule has 2 aliphatic heterocycles. The average molecular weight is 514 g/mol. The van der Waals surface area contributed by atoms with Crippen molar-refractivity contribution < 1.29 is 27.4 Å². The van der Waals surface area contributed by atoms with E-state index in [1.807, 2.05) is 25.1 Å². The van der Waals surface area contributed by atoms with Gasteiger partial charge in [-0.1, -0.05) is 19.1 Å². The third kappa shape index (κ3) is 4.87. The Hall–Kier alpha value is -2.54. The summed E-state index contributed by atoms with van der Waals surface area (Å²) in [5.74, 6) is 1.66. The van der Waals surface area contributed by atoms with Crippen molar-refractivity contribution in [3.05, 3.63) is 58.1 Å². The predicted molar refractivity (Wildman–Crippen MR) is 134 cm³/mol. The van der Waals surface area contributed by atoms with Gasteiger partial charge in [-0.2, -0.15) is 13.2 Å². The number of alkyl halides is 3. The Labute approximate surface area is 216 Å². The fourth-order valence-corrected chi connectivity index (χ4v) is 6.48. The van der Waals surface area contributed by atoms with Gasteiger partial charge in [0.15, 0.2) is 0 Å². The second kappa shape index (κ2) is 9.33. The molecule has 2 aromatic rings. The number of ketones is 1. The molecule has 1 saturated heterocycles. The van der Waals surface area contributed by atoms with Gasteiger partial charge in [0.1, 0.15) is 23.4 Å². The number of fused-ring (bicyclic) bond motifs is 2. The molecule has 0 bridgehead atoms. The van der Waals surface area contributed by atoms with Gasteiger partial charge in [0.05, 0.1) is 12.2 Å². The minimum Gasteiger partial charge on any atom is -0.492 e. The zero-order valence-corrected chi connectivity index (χ0v) is 21.3. The van der Waals surface area contributed by atoms with Crippen molar-refractivity contribution >= 4 is 5.78 Å². The molecule has 2 fully saturated rings. The summed E-state index contributed by atoms with van der Waals surface area (Å²) in [4.78, 5) is 14.1. The molecule has 37 heavy (non-hydrogen) atoms. The number of Topliss-reactive ketones (excluding diaryl/α,β-unsaturated/α-hetero) is 1. The van der Waals surface area contributed by atoms with E-state index in [2.05, 4.69) is 4.90 Å². The van der Waals surface area contributed by atoms with E-state index in [-0.39, 0.29) is 17.8 Å². The minimum absolute atomic E-state index is 0.0663. The molecule has 0 N–H and O–H groups in total. The monoisotopic (exact) mass is 513 g/mol. The maximum atomic E-state index is 14.0. The highest BCUT2D eigenvalue weighted by atomic mass is 19.4. The largest absolute Gasteiger partial charge is 0.492 e. The zero-order chi connectivity index (χ0) is 25.8. The predicted octanol–water partition coefficient (Wildman–Crippen LogP) is 6.99. The highest BCUT2D eigenvalue weighted by molar-refractivity contribution is 5.79. The second-order valence-electron chi connectivity index (χ2n) is 11.4. The SMILES string of the molecule is CCC(=O)CC1COc2cc(O[C@@H]3CCc4c3ccc(C(F)(F)F)c4CN3CCC4(CC3)CC4)ccc21. The molecule has 2 atom stereocenters. The van der Waals surface area contributed by atoms with Gasteiger partial charge < -0.3 is 9.47 Å². The number of likely N-dealkylation sites (tertiary alicyclic amines) is 1. The molecule has 2 heterocycles. The van der Waals surface area contributed by atoms with Crippen LogP contribution in [0.2, 0.25) is 0 Å². The van der Waals surface area contributed by atoms with Crippen molar-refractivity contribution in [3.63, 3.8) is 0 Å². The van der Waals surface area contributed by atoms with Crippen molar-refractivity contribution in [2.45, 2.75) is 83.0 Å². The van der Waals surface area contributed by atoms with Gasteiger partial charge in [-0.3, -0.25) is 9.69 Å². The topological polar surface area (TPSA) is 38.8 Å². The maximum absolute atomic E-state index is 14.0. The third-order valence-electron chi connectivity index (χ3n) is 9.04. The van der Waals surface area contributed by atoms with Crippen LogP contribution in [0.15, 0.2) is 30.3 Å². The van der Waals surface area contributed by atoms with Crippen molar-refractivity contribution in [2.24, 2.45) is 5.41 Å². The summed E-state index contributed by atoms with van der Waals surface area (Å²) in [6.07, 6.45) is 2.32. The van der Waals surface area contributed by atoms with E-state index in [9.17, 15) is 18.0 Å². The molecule has 4 aliphatic rings. The molecule has 2 aromatic carbocycles. The number of hydrogen-bond acceptors (Lipinski definition) is 4. The van der Waals surface area contributed by atoms with Crippen molar-refractivity contribution in [1.29, 1.82) is 0 Å². The summed E-state index contributed by atoms with van der Waals surface area (Å²) in [6, 6.07) is 8.58. The first-order valence-corrected chi connectivity index (χ1v) is 13.6. The Bertz CT molecular complexity index is 1190. The number of carbonyl (C=O) groups excluding carboxylic acids is 1. The molecule has 1 saturated carbocycles. The number of halogens is 3. The van der Waals surface area contributed by atoms with Crippen molar-refractivity contribution in [1.82, 2.24) is 4.90 Å². The van der Waals surface area contributed by atoms with Gasteiger partial charge in [-0.05, 0) is 85.9 Å². The average Bonchev–Trinajstić information content (AvgIpc) is 3.32. The fourth-order valence-electron chi connectivity index (χ4n) is 6.48. The summed E-state index contributed by atoms with van der Waals surface area (Å²) in [5.41, 5.74) is 3.12. The molecule has 0 aromatic heterocycles. The number of nitrogens with zero attached hydrogens (tertiary/aromatic N) is 1. The summed E-state index contributed by atoms with van der Waals surface area (Å²) in [7, 11) is 0. The molecular formula is C30H34F3NO3. The first kappa shape index (κ1) is 24.8. The van der Waals surface area contributed by atoms with E-state index in [1.54, 1.807) is 6.07 Å². The van der Waals surface area contributed by atoms with Crippen LogP contribution in [0.3, 0.4) is 0 Å². The molecule has 0 radical (unpaired) electrons. The second-order valence-corrected chi connectivity index (χ2v) is 11.4. The Morgan fingerprint density at radius 1 is 1.11 bits per heavy atom. The molecule has 4 nitrogen and oxygen atoms in total. The lowest BCUT2D eigenvalue weighted by atomic mass is 9.91. The lowest BCUT2D eigenvalue weighted by Gasteiger charge is -2.33. The van der Waals surface area contributed by atoms with E-state index in [0.29, 0.717) is 55.6 Å². The van der Waals surface area contributed by atoms with E-state index in [0.717, 1.165) is 48.4 Å². The highest BCUT2D eigenvalue weighted by Gasteiger charge is 2.45. The summed E-state index contributed by atoms with van der Waals surface area (Å²) >= 11 is 0. The van der Waals surface area contributed by atoms with Crippen LogP contribution in [0.4, 0.5) is 13.2 Å². The molecule has 1 unspecified atom stereocenters. The van der Waals surface area contributed by atoms with Crippen LogP contribution in [0, 0.1) is 5.41 Å². The fraction of sp³-hybridized carbons (Fsp3) is 0.567. The number of benzene rings is 2. The molecule has 0 amide bonds. The molecule has 198 valence electrons. The van der Waals surface area contributed by atoms with E-state index < -0.39 is 11.7 Å². The van der Waals surface area contributed by atoms with Crippen LogP contribution < -0.4 is 9.47 Å². The highest BCUT2D eigenvalue weighted by Crippen LogP contribution is 2.54. The van der Waals surface area contributed by atoms with E-state index in [4.69, 9.17) is 9.47 Å². The van der Waals surface area contributed by atoms with Gasteiger partial charge >= 0.3 is 6.18 Å². The molecule has 7 heteroatoms.